The van der Waals surface area contributed by atoms with E-state index in [0.717, 1.165) is 25.2 Å². The minimum atomic E-state index is -0.508. The second kappa shape index (κ2) is 10.2. The fraction of sp³-hybridized carbons (Fsp3) is 0.409. The van der Waals surface area contributed by atoms with Crippen LogP contribution in [-0.4, -0.2) is 42.7 Å². The van der Waals surface area contributed by atoms with Gasteiger partial charge in [0, 0.05) is 30.7 Å². The van der Waals surface area contributed by atoms with E-state index in [4.69, 9.17) is 9.47 Å². The van der Waals surface area contributed by atoms with Crippen molar-refractivity contribution in [2.24, 2.45) is 0 Å². The van der Waals surface area contributed by atoms with Crippen molar-refractivity contribution in [2.75, 3.05) is 19.7 Å². The quantitative estimate of drug-likeness (QED) is 0.674. The van der Waals surface area contributed by atoms with Gasteiger partial charge in [-0.2, -0.15) is 0 Å². The van der Waals surface area contributed by atoms with Crippen molar-refractivity contribution in [3.8, 4) is 5.75 Å². The largest absolute Gasteiger partial charge is 0.481 e. The van der Waals surface area contributed by atoms with Gasteiger partial charge in [-0.3, -0.25) is 9.69 Å². The molecule has 1 saturated heterocycles. The van der Waals surface area contributed by atoms with E-state index < -0.39 is 5.82 Å². The second-order valence-electron chi connectivity index (χ2n) is 7.41. The monoisotopic (exact) mass is 464 g/mol. The molecule has 1 aliphatic rings. The summed E-state index contributed by atoms with van der Waals surface area (Å²) in [7, 11) is 0. The molecule has 2 atom stereocenters. The summed E-state index contributed by atoms with van der Waals surface area (Å²) in [4.78, 5) is 14.4. The van der Waals surface area contributed by atoms with E-state index in [-0.39, 0.29) is 30.5 Å². The third-order valence-corrected chi connectivity index (χ3v) is 5.16. The maximum absolute atomic E-state index is 13.7. The van der Waals surface area contributed by atoms with Gasteiger partial charge in [0.2, 0.25) is 0 Å². The molecule has 2 aromatic rings. The highest BCUT2D eigenvalue weighted by atomic mass is 79.9. The molecule has 0 saturated carbocycles. The van der Waals surface area contributed by atoms with Crippen LogP contribution in [0.3, 0.4) is 0 Å². The Balaban J connectivity index is 1.43. The van der Waals surface area contributed by atoms with Gasteiger partial charge in [-0.05, 0) is 43.2 Å². The Kier molecular flexibility index (Phi) is 7.64. The molecule has 2 unspecified atom stereocenters. The number of benzene rings is 2. The topological polar surface area (TPSA) is 50.8 Å². The Morgan fingerprint density at radius 3 is 2.48 bits per heavy atom. The first-order valence-electron chi connectivity index (χ1n) is 9.69. The van der Waals surface area contributed by atoms with E-state index in [1.165, 1.54) is 17.7 Å². The summed E-state index contributed by atoms with van der Waals surface area (Å²) in [5.41, 5.74) is 2.23. The smallest absolute Gasteiger partial charge is 0.258 e. The third-order valence-electron chi connectivity index (χ3n) is 4.67. The van der Waals surface area contributed by atoms with Crippen molar-refractivity contribution in [2.45, 2.75) is 39.1 Å². The van der Waals surface area contributed by atoms with Gasteiger partial charge in [0.05, 0.1) is 12.2 Å². The number of morpholine rings is 1. The van der Waals surface area contributed by atoms with Crippen LogP contribution in [0, 0.1) is 5.82 Å². The molecule has 0 aromatic heterocycles. The molecule has 0 aliphatic carbocycles. The summed E-state index contributed by atoms with van der Waals surface area (Å²) in [6.07, 6.45) is 0.502. The zero-order valence-electron chi connectivity index (χ0n) is 16.7. The number of halogens is 2. The maximum atomic E-state index is 13.7. The summed E-state index contributed by atoms with van der Waals surface area (Å²) in [6.45, 7) is 7.12. The Morgan fingerprint density at radius 2 is 1.83 bits per heavy atom. The first-order valence-corrected chi connectivity index (χ1v) is 10.5. The zero-order valence-corrected chi connectivity index (χ0v) is 18.2. The van der Waals surface area contributed by atoms with Gasteiger partial charge in [0.25, 0.3) is 5.91 Å². The summed E-state index contributed by atoms with van der Waals surface area (Å²) in [5, 5.41) is 2.79. The lowest BCUT2D eigenvalue weighted by molar-refractivity contribution is -0.123. The first kappa shape index (κ1) is 21.7. The molecule has 1 amide bonds. The number of carbonyl (C=O) groups is 1. The number of hydrogen-bond donors (Lipinski definition) is 1. The molecule has 1 fully saturated rings. The average Bonchev–Trinajstić information content (AvgIpc) is 2.66. The lowest BCUT2D eigenvalue weighted by Crippen LogP contribution is -2.44. The number of rotatable bonds is 7. The Bertz CT molecular complexity index is 821. The van der Waals surface area contributed by atoms with Gasteiger partial charge in [-0.25, -0.2) is 4.39 Å². The third kappa shape index (κ3) is 6.80. The van der Waals surface area contributed by atoms with Crippen LogP contribution in [0.25, 0.3) is 0 Å². The SMILES string of the molecule is CC1CN(Cc2ccc(CNC(=O)COc3ccc(Br)cc3F)cc2)CC(C)O1. The predicted octanol–water partition coefficient (Wildman–Crippen LogP) is 3.89. The predicted molar refractivity (Wildman–Crippen MR) is 113 cm³/mol. The molecule has 2 aromatic carbocycles. The van der Waals surface area contributed by atoms with Crippen LogP contribution in [0.5, 0.6) is 5.75 Å². The normalized spacial score (nSPS) is 19.7. The van der Waals surface area contributed by atoms with Gasteiger partial charge in [0.1, 0.15) is 0 Å². The van der Waals surface area contributed by atoms with E-state index in [0.29, 0.717) is 11.0 Å². The molecule has 156 valence electrons. The lowest BCUT2D eigenvalue weighted by atomic mass is 10.1. The van der Waals surface area contributed by atoms with Crippen LogP contribution < -0.4 is 10.1 Å². The lowest BCUT2D eigenvalue weighted by Gasteiger charge is -2.35. The summed E-state index contributed by atoms with van der Waals surface area (Å²) < 4.78 is 25.3. The molecular formula is C22H26BrFN2O3. The molecule has 7 heteroatoms. The Morgan fingerprint density at radius 1 is 1.17 bits per heavy atom. The second-order valence-corrected chi connectivity index (χ2v) is 8.32. The fourth-order valence-corrected chi connectivity index (χ4v) is 3.75. The summed E-state index contributed by atoms with van der Waals surface area (Å²) >= 11 is 3.18. The number of amides is 1. The molecule has 29 heavy (non-hydrogen) atoms. The van der Waals surface area contributed by atoms with Crippen LogP contribution in [0.4, 0.5) is 4.39 Å². The van der Waals surface area contributed by atoms with Gasteiger partial charge >= 0.3 is 0 Å². The number of ether oxygens (including phenoxy) is 2. The molecular weight excluding hydrogens is 439 g/mol. The number of hydrogen-bond acceptors (Lipinski definition) is 4. The van der Waals surface area contributed by atoms with E-state index >= 15 is 0 Å². The summed E-state index contributed by atoms with van der Waals surface area (Å²) in [5.74, 6) is -0.751. The van der Waals surface area contributed by atoms with Crippen LogP contribution in [0.2, 0.25) is 0 Å². The van der Waals surface area contributed by atoms with Gasteiger partial charge in [-0.15, -0.1) is 0 Å². The van der Waals surface area contributed by atoms with E-state index in [9.17, 15) is 9.18 Å². The zero-order chi connectivity index (χ0) is 20.8. The standard InChI is InChI=1S/C22H26BrFN2O3/c1-15-11-26(12-16(2)29-15)13-18-5-3-17(4-6-18)10-25-22(27)14-28-21-8-7-19(23)9-20(21)24/h3-9,15-16H,10-14H2,1-2H3,(H,25,27). The highest BCUT2D eigenvalue weighted by molar-refractivity contribution is 9.10. The van der Waals surface area contributed by atoms with E-state index in [2.05, 4.69) is 52.1 Å². The van der Waals surface area contributed by atoms with Crippen molar-refractivity contribution in [3.63, 3.8) is 0 Å². The highest BCUT2D eigenvalue weighted by Gasteiger charge is 2.21. The molecule has 0 bridgehead atoms. The minimum Gasteiger partial charge on any atom is -0.481 e. The number of nitrogens with zero attached hydrogens (tertiary/aromatic N) is 1. The van der Waals surface area contributed by atoms with Crippen molar-refractivity contribution >= 4 is 21.8 Å². The molecule has 1 aliphatic heterocycles. The van der Waals surface area contributed by atoms with Crippen molar-refractivity contribution in [1.29, 1.82) is 0 Å². The highest BCUT2D eigenvalue weighted by Crippen LogP contribution is 2.21. The average molecular weight is 465 g/mol. The fourth-order valence-electron chi connectivity index (χ4n) is 3.42. The van der Waals surface area contributed by atoms with Gasteiger partial charge in [-0.1, -0.05) is 40.2 Å². The molecule has 0 spiro atoms. The van der Waals surface area contributed by atoms with Crippen LogP contribution in [0.15, 0.2) is 46.9 Å². The van der Waals surface area contributed by atoms with Crippen molar-refractivity contribution < 1.29 is 18.7 Å². The van der Waals surface area contributed by atoms with Crippen LogP contribution in [0.1, 0.15) is 25.0 Å². The number of carbonyl (C=O) groups excluding carboxylic acids is 1. The van der Waals surface area contributed by atoms with Crippen LogP contribution in [-0.2, 0) is 22.6 Å². The van der Waals surface area contributed by atoms with Gasteiger partial charge in [0.15, 0.2) is 18.2 Å². The molecule has 3 rings (SSSR count). The summed E-state index contributed by atoms with van der Waals surface area (Å²) in [6, 6.07) is 12.6. The molecule has 0 radical (unpaired) electrons. The minimum absolute atomic E-state index is 0.0550. The first-order chi connectivity index (χ1) is 13.9. The van der Waals surface area contributed by atoms with Crippen molar-refractivity contribution in [1.82, 2.24) is 10.2 Å². The Labute approximate surface area is 179 Å². The van der Waals surface area contributed by atoms with Crippen LogP contribution >= 0.6 is 15.9 Å². The van der Waals surface area contributed by atoms with Crippen molar-refractivity contribution in [3.05, 3.63) is 63.9 Å². The van der Waals surface area contributed by atoms with E-state index in [1.807, 2.05) is 12.1 Å². The number of nitrogens with one attached hydrogen (secondary N) is 1. The maximum Gasteiger partial charge on any atom is 0.258 e. The van der Waals surface area contributed by atoms with E-state index in [1.54, 1.807) is 6.07 Å². The molecule has 1 N–H and O–H groups in total. The molecule has 5 nitrogen and oxygen atoms in total. The Hall–Kier alpha value is -1.96. The van der Waals surface area contributed by atoms with Gasteiger partial charge < -0.3 is 14.8 Å². The molecule has 1 heterocycles.